The van der Waals surface area contributed by atoms with Gasteiger partial charge in [-0.2, -0.15) is 0 Å². The number of carbonyl (C=O) groups excluding carboxylic acids is 2. The number of esters is 1. The molecule has 0 bridgehead atoms. The van der Waals surface area contributed by atoms with Crippen molar-refractivity contribution in [3.63, 3.8) is 0 Å². The highest BCUT2D eigenvalue weighted by molar-refractivity contribution is 7.14. The van der Waals surface area contributed by atoms with Gasteiger partial charge in [0.2, 0.25) is 5.01 Å². The number of carbonyl (C=O) groups is 2. The quantitative estimate of drug-likeness (QED) is 0.629. The van der Waals surface area contributed by atoms with Crippen molar-refractivity contribution in [2.45, 2.75) is 20.5 Å². The summed E-state index contributed by atoms with van der Waals surface area (Å²) in [5.74, 6) is -0.152. The van der Waals surface area contributed by atoms with Gasteiger partial charge in [-0.1, -0.05) is 11.3 Å². The van der Waals surface area contributed by atoms with Crippen LogP contribution in [-0.4, -0.2) is 34.2 Å². The van der Waals surface area contributed by atoms with Crippen LogP contribution in [0.25, 0.3) is 0 Å². The topological polar surface area (TPSA) is 103 Å². The van der Waals surface area contributed by atoms with Crippen molar-refractivity contribution in [1.29, 1.82) is 0 Å². The molecule has 0 unspecified atom stereocenters. The number of anilines is 1. The largest absolute Gasteiger partial charge is 0.497 e. The Hall–Kier alpha value is -2.85. The first kappa shape index (κ1) is 18.9. The summed E-state index contributed by atoms with van der Waals surface area (Å²) < 4.78 is 10.3. The van der Waals surface area contributed by atoms with Crippen molar-refractivity contribution >= 4 is 40.2 Å². The van der Waals surface area contributed by atoms with Crippen LogP contribution in [0.1, 0.15) is 35.2 Å². The molecular formula is C17H16N4O4S2. The third kappa shape index (κ3) is 4.66. The van der Waals surface area contributed by atoms with Crippen LogP contribution in [0.4, 0.5) is 5.69 Å². The monoisotopic (exact) mass is 404 g/mol. The summed E-state index contributed by atoms with van der Waals surface area (Å²) in [5.41, 5.74) is 1.25. The average Bonchev–Trinajstić information content (AvgIpc) is 3.26. The lowest BCUT2D eigenvalue weighted by Crippen LogP contribution is -2.11. The van der Waals surface area contributed by atoms with Crippen LogP contribution in [-0.2, 0) is 11.3 Å². The predicted molar refractivity (Wildman–Crippen MR) is 102 cm³/mol. The second-order valence-corrected chi connectivity index (χ2v) is 7.67. The van der Waals surface area contributed by atoms with Gasteiger partial charge < -0.3 is 14.8 Å². The minimum Gasteiger partial charge on any atom is -0.497 e. The number of aromatic nitrogens is 3. The maximum atomic E-state index is 12.2. The van der Waals surface area contributed by atoms with Crippen LogP contribution in [0.5, 0.6) is 5.75 Å². The molecule has 3 rings (SSSR count). The third-order valence-electron chi connectivity index (χ3n) is 3.42. The van der Waals surface area contributed by atoms with E-state index in [1.165, 1.54) is 11.3 Å². The van der Waals surface area contributed by atoms with Gasteiger partial charge in [-0.05, 0) is 38.1 Å². The van der Waals surface area contributed by atoms with Gasteiger partial charge in [-0.25, -0.2) is 9.78 Å². The fourth-order valence-electron chi connectivity index (χ4n) is 2.18. The third-order valence-corrected chi connectivity index (χ3v) is 5.37. The Labute approximate surface area is 163 Å². The molecule has 1 N–H and O–H groups in total. The number of hydrogen-bond donors (Lipinski definition) is 1. The SMILES string of the molecule is COc1ccc(NC(=O)c2nnc(COC(=O)c3sc(C)nc3C)s2)cc1. The number of nitrogens with one attached hydrogen (secondary N) is 1. The first-order valence-electron chi connectivity index (χ1n) is 7.85. The Morgan fingerprint density at radius 2 is 1.85 bits per heavy atom. The summed E-state index contributed by atoms with van der Waals surface area (Å²) in [7, 11) is 1.57. The van der Waals surface area contributed by atoms with Crippen molar-refractivity contribution in [3.05, 3.63) is 49.9 Å². The van der Waals surface area contributed by atoms with E-state index in [0.717, 1.165) is 16.3 Å². The minimum absolute atomic E-state index is 0.0529. The molecule has 0 radical (unpaired) electrons. The molecule has 0 fully saturated rings. The van der Waals surface area contributed by atoms with E-state index in [0.29, 0.717) is 27.0 Å². The van der Waals surface area contributed by atoms with E-state index in [1.54, 1.807) is 38.3 Å². The van der Waals surface area contributed by atoms with Crippen molar-refractivity contribution < 1.29 is 19.1 Å². The van der Waals surface area contributed by atoms with Crippen LogP contribution >= 0.6 is 22.7 Å². The van der Waals surface area contributed by atoms with Crippen molar-refractivity contribution in [2.75, 3.05) is 12.4 Å². The van der Waals surface area contributed by atoms with Gasteiger partial charge in [0.25, 0.3) is 5.91 Å². The zero-order chi connectivity index (χ0) is 19.4. The van der Waals surface area contributed by atoms with Gasteiger partial charge in [0.05, 0.1) is 17.8 Å². The number of ether oxygens (including phenoxy) is 2. The van der Waals surface area contributed by atoms with Crippen molar-refractivity contribution in [1.82, 2.24) is 15.2 Å². The molecule has 3 aromatic rings. The Kier molecular flexibility index (Phi) is 5.77. The van der Waals surface area contributed by atoms with Crippen LogP contribution in [0.2, 0.25) is 0 Å². The molecule has 1 aromatic carbocycles. The highest BCUT2D eigenvalue weighted by Crippen LogP contribution is 2.20. The molecule has 0 spiro atoms. The molecule has 10 heteroatoms. The lowest BCUT2D eigenvalue weighted by atomic mass is 10.3. The molecule has 2 heterocycles. The smallest absolute Gasteiger partial charge is 0.350 e. The van der Waals surface area contributed by atoms with E-state index in [4.69, 9.17) is 9.47 Å². The zero-order valence-electron chi connectivity index (χ0n) is 14.8. The summed E-state index contributed by atoms with van der Waals surface area (Å²) in [6, 6.07) is 6.92. The van der Waals surface area contributed by atoms with Gasteiger partial charge in [0, 0.05) is 5.69 Å². The number of benzene rings is 1. The molecule has 27 heavy (non-hydrogen) atoms. The van der Waals surface area contributed by atoms with Crippen LogP contribution in [0, 0.1) is 13.8 Å². The zero-order valence-corrected chi connectivity index (χ0v) is 16.4. The highest BCUT2D eigenvalue weighted by atomic mass is 32.1. The number of amides is 1. The van der Waals surface area contributed by atoms with E-state index >= 15 is 0 Å². The molecule has 1 amide bonds. The molecule has 8 nitrogen and oxygen atoms in total. The fraction of sp³-hybridized carbons (Fsp3) is 0.235. The van der Waals surface area contributed by atoms with E-state index in [-0.39, 0.29) is 17.5 Å². The number of aryl methyl sites for hydroxylation is 2. The number of thiazole rings is 1. The van der Waals surface area contributed by atoms with Crippen LogP contribution in [0.15, 0.2) is 24.3 Å². The van der Waals surface area contributed by atoms with Crippen LogP contribution in [0.3, 0.4) is 0 Å². The molecule has 0 aliphatic carbocycles. The summed E-state index contributed by atoms with van der Waals surface area (Å²) in [6.45, 7) is 3.53. The molecule has 0 saturated heterocycles. The molecule has 0 atom stereocenters. The Morgan fingerprint density at radius 1 is 1.11 bits per heavy atom. The Balaban J connectivity index is 1.58. The maximum Gasteiger partial charge on any atom is 0.350 e. The van der Waals surface area contributed by atoms with E-state index in [2.05, 4.69) is 20.5 Å². The Morgan fingerprint density at radius 3 is 2.48 bits per heavy atom. The number of hydrogen-bond acceptors (Lipinski definition) is 9. The summed E-state index contributed by atoms with van der Waals surface area (Å²) >= 11 is 2.35. The predicted octanol–water partition coefficient (Wildman–Crippen LogP) is 3.23. The van der Waals surface area contributed by atoms with Gasteiger partial charge in [-0.3, -0.25) is 4.79 Å². The maximum absolute atomic E-state index is 12.2. The average molecular weight is 404 g/mol. The normalized spacial score (nSPS) is 10.5. The van der Waals surface area contributed by atoms with Gasteiger partial charge in [-0.15, -0.1) is 21.5 Å². The molecule has 0 aliphatic rings. The first-order chi connectivity index (χ1) is 13.0. The number of nitrogens with zero attached hydrogens (tertiary/aromatic N) is 3. The summed E-state index contributed by atoms with van der Waals surface area (Å²) in [5, 5.41) is 11.9. The van der Waals surface area contributed by atoms with Gasteiger partial charge in [0.1, 0.15) is 17.2 Å². The van der Waals surface area contributed by atoms with Crippen molar-refractivity contribution in [3.8, 4) is 5.75 Å². The highest BCUT2D eigenvalue weighted by Gasteiger charge is 2.18. The standard InChI is InChI=1S/C17H16N4O4S2/c1-9-14(26-10(2)18-9)17(23)25-8-13-20-21-16(27-13)15(22)19-11-4-6-12(24-3)7-5-11/h4-7H,8H2,1-3H3,(H,19,22). The Bertz CT molecular complexity index is 966. The van der Waals surface area contributed by atoms with E-state index < -0.39 is 5.97 Å². The minimum atomic E-state index is -0.461. The van der Waals surface area contributed by atoms with E-state index in [9.17, 15) is 9.59 Å². The van der Waals surface area contributed by atoms with Gasteiger partial charge >= 0.3 is 5.97 Å². The second kappa shape index (κ2) is 8.23. The molecule has 0 aliphatic heterocycles. The van der Waals surface area contributed by atoms with Crippen molar-refractivity contribution in [2.24, 2.45) is 0 Å². The first-order valence-corrected chi connectivity index (χ1v) is 9.48. The summed E-state index contributed by atoms with van der Waals surface area (Å²) in [4.78, 5) is 29.0. The molecule has 2 aromatic heterocycles. The fourth-order valence-corrected chi connectivity index (χ4v) is 3.64. The molecule has 0 saturated carbocycles. The van der Waals surface area contributed by atoms with Crippen LogP contribution < -0.4 is 10.1 Å². The lowest BCUT2D eigenvalue weighted by molar-refractivity contribution is 0.0476. The lowest BCUT2D eigenvalue weighted by Gasteiger charge is -2.04. The van der Waals surface area contributed by atoms with E-state index in [1.807, 2.05) is 6.92 Å². The molecular weight excluding hydrogens is 388 g/mol. The number of rotatable bonds is 6. The second-order valence-electron chi connectivity index (χ2n) is 5.41. The number of methoxy groups -OCH3 is 1. The molecule has 140 valence electrons. The van der Waals surface area contributed by atoms with Gasteiger partial charge in [0.15, 0.2) is 5.01 Å². The summed E-state index contributed by atoms with van der Waals surface area (Å²) in [6.07, 6.45) is 0.